The third-order valence-electron chi connectivity index (χ3n) is 3.52. The smallest absolute Gasteiger partial charge is 0.339 e. The number of ether oxygens (including phenoxy) is 1. The number of thiazole rings is 1. The maximum atomic E-state index is 12.4. The molecule has 9 heteroatoms. The summed E-state index contributed by atoms with van der Waals surface area (Å²) in [6.45, 7) is 1.52. The number of amides is 1. The van der Waals surface area contributed by atoms with Gasteiger partial charge in [0.2, 0.25) is 0 Å². The fraction of sp³-hybridized carbons (Fsp3) is 0.158. The number of hydrogen-bond acceptors (Lipinski definition) is 8. The van der Waals surface area contributed by atoms with Crippen LogP contribution in [0.2, 0.25) is 0 Å². The maximum Gasteiger partial charge on any atom is 0.339 e. The molecule has 142 valence electrons. The van der Waals surface area contributed by atoms with Crippen LogP contribution in [0.5, 0.6) is 0 Å². The number of esters is 1. The number of aryl methyl sites for hydroxylation is 1. The van der Waals surface area contributed by atoms with Crippen molar-refractivity contribution in [1.82, 2.24) is 4.98 Å². The third kappa shape index (κ3) is 5.19. The van der Waals surface area contributed by atoms with E-state index in [9.17, 15) is 9.59 Å². The minimum Gasteiger partial charge on any atom is -0.452 e. The summed E-state index contributed by atoms with van der Waals surface area (Å²) < 4.78 is 5.15. The molecule has 28 heavy (non-hydrogen) atoms. The van der Waals surface area contributed by atoms with Crippen molar-refractivity contribution in [3.63, 3.8) is 0 Å². The number of hydrogen-bond donors (Lipinski definition) is 1. The Morgan fingerprint density at radius 1 is 1.29 bits per heavy atom. The molecule has 3 rings (SSSR count). The maximum absolute atomic E-state index is 12.4. The molecule has 2 aromatic heterocycles. The minimum atomic E-state index is -0.570. The van der Waals surface area contributed by atoms with Crippen molar-refractivity contribution in [1.29, 1.82) is 5.26 Å². The molecule has 1 amide bonds. The molecule has 3 aromatic rings. The Labute approximate surface area is 174 Å². The predicted molar refractivity (Wildman–Crippen MR) is 111 cm³/mol. The van der Waals surface area contributed by atoms with E-state index in [-0.39, 0.29) is 0 Å². The second-order valence-electron chi connectivity index (χ2n) is 5.54. The Bertz CT molecular complexity index is 1040. The molecule has 0 bridgehead atoms. The molecule has 0 aliphatic carbocycles. The summed E-state index contributed by atoms with van der Waals surface area (Å²) >= 11 is 4.32. The first-order chi connectivity index (χ1) is 13.6. The number of carbonyl (C=O) groups excluding carboxylic acids is 2. The van der Waals surface area contributed by atoms with Gasteiger partial charge in [-0.25, -0.2) is 9.78 Å². The van der Waals surface area contributed by atoms with E-state index in [0.29, 0.717) is 21.9 Å². The highest BCUT2D eigenvalue weighted by atomic mass is 32.2. The first-order valence-electron chi connectivity index (χ1n) is 8.14. The molecule has 0 radical (unpaired) electrons. The van der Waals surface area contributed by atoms with E-state index in [1.54, 1.807) is 34.9 Å². The SMILES string of the molecule is Cc1nc(CSc2ccccc2C(=O)OCC(=O)Nc2sccc2C#N)cs1. The van der Waals surface area contributed by atoms with E-state index in [4.69, 9.17) is 10.00 Å². The number of thiophene rings is 1. The van der Waals surface area contributed by atoms with Crippen molar-refractivity contribution in [2.24, 2.45) is 0 Å². The molecular formula is C19H15N3O3S3. The van der Waals surface area contributed by atoms with Gasteiger partial charge in [-0.2, -0.15) is 5.26 Å². The minimum absolute atomic E-state index is 0.378. The van der Waals surface area contributed by atoms with Crippen LogP contribution in [0.1, 0.15) is 26.6 Å². The summed E-state index contributed by atoms with van der Waals surface area (Å²) in [4.78, 5) is 29.6. The van der Waals surface area contributed by atoms with Crippen molar-refractivity contribution >= 4 is 51.3 Å². The Balaban J connectivity index is 1.58. The number of nitriles is 1. The zero-order chi connectivity index (χ0) is 19.9. The molecule has 0 saturated carbocycles. The monoisotopic (exact) mass is 429 g/mol. The Hall–Kier alpha value is -2.67. The summed E-state index contributed by atoms with van der Waals surface area (Å²) in [5.74, 6) is -0.417. The highest BCUT2D eigenvalue weighted by molar-refractivity contribution is 7.98. The van der Waals surface area contributed by atoms with Gasteiger partial charge in [-0.1, -0.05) is 12.1 Å². The number of rotatable bonds is 7. The lowest BCUT2D eigenvalue weighted by Crippen LogP contribution is -2.21. The van der Waals surface area contributed by atoms with Gasteiger partial charge in [0.05, 0.1) is 21.8 Å². The topological polar surface area (TPSA) is 92.1 Å². The zero-order valence-electron chi connectivity index (χ0n) is 14.8. The molecular weight excluding hydrogens is 414 g/mol. The molecule has 0 aliphatic heterocycles. The van der Waals surface area contributed by atoms with Crippen molar-refractivity contribution < 1.29 is 14.3 Å². The van der Waals surface area contributed by atoms with Crippen LogP contribution < -0.4 is 5.32 Å². The van der Waals surface area contributed by atoms with Crippen LogP contribution in [-0.4, -0.2) is 23.5 Å². The van der Waals surface area contributed by atoms with Crippen molar-refractivity contribution in [2.45, 2.75) is 17.6 Å². The summed E-state index contributed by atoms with van der Waals surface area (Å²) in [6, 6.07) is 10.7. The highest BCUT2D eigenvalue weighted by Crippen LogP contribution is 2.27. The molecule has 0 aliphatic rings. The van der Waals surface area contributed by atoms with Crippen molar-refractivity contribution in [3.05, 3.63) is 62.9 Å². The number of anilines is 1. The molecule has 0 spiro atoms. The van der Waals surface area contributed by atoms with Crippen molar-refractivity contribution in [2.75, 3.05) is 11.9 Å². The van der Waals surface area contributed by atoms with Gasteiger partial charge in [-0.3, -0.25) is 4.79 Å². The van der Waals surface area contributed by atoms with E-state index in [0.717, 1.165) is 15.6 Å². The largest absolute Gasteiger partial charge is 0.452 e. The van der Waals surface area contributed by atoms with E-state index in [2.05, 4.69) is 10.3 Å². The lowest BCUT2D eigenvalue weighted by atomic mass is 10.2. The number of aromatic nitrogens is 1. The molecule has 0 unspecified atom stereocenters. The molecule has 0 atom stereocenters. The van der Waals surface area contributed by atoms with Gasteiger partial charge in [0.1, 0.15) is 11.1 Å². The number of thioether (sulfide) groups is 1. The van der Waals surface area contributed by atoms with E-state index >= 15 is 0 Å². The average molecular weight is 430 g/mol. The standard InChI is InChI=1S/C19H15N3O3S3/c1-12-21-14(10-27-12)11-28-16-5-3-2-4-15(16)19(24)25-9-17(23)22-18-13(8-20)6-7-26-18/h2-7,10H,9,11H2,1H3,(H,22,23). The van der Waals surface area contributed by atoms with Crippen LogP contribution in [0.3, 0.4) is 0 Å². The molecule has 1 aromatic carbocycles. The van der Waals surface area contributed by atoms with Crippen LogP contribution in [0.25, 0.3) is 0 Å². The number of benzene rings is 1. The average Bonchev–Trinajstić information content (AvgIpc) is 3.33. The summed E-state index contributed by atoms with van der Waals surface area (Å²) in [5, 5.41) is 16.7. The molecule has 2 heterocycles. The number of nitrogens with one attached hydrogen (secondary N) is 1. The van der Waals surface area contributed by atoms with Gasteiger partial charge in [0.15, 0.2) is 6.61 Å². The van der Waals surface area contributed by atoms with Crippen LogP contribution in [0.15, 0.2) is 46.0 Å². The fourth-order valence-electron chi connectivity index (χ4n) is 2.25. The second-order valence-corrected chi connectivity index (χ2v) is 8.54. The molecule has 6 nitrogen and oxygen atoms in total. The van der Waals surface area contributed by atoms with Crippen LogP contribution in [0, 0.1) is 18.3 Å². The highest BCUT2D eigenvalue weighted by Gasteiger charge is 2.16. The van der Waals surface area contributed by atoms with Crippen LogP contribution >= 0.6 is 34.4 Å². The lowest BCUT2D eigenvalue weighted by molar-refractivity contribution is -0.119. The van der Waals surface area contributed by atoms with Gasteiger partial charge in [0.25, 0.3) is 5.91 Å². The zero-order valence-corrected chi connectivity index (χ0v) is 17.2. The summed E-state index contributed by atoms with van der Waals surface area (Å²) in [5.41, 5.74) is 1.74. The molecule has 0 fully saturated rings. The van der Waals surface area contributed by atoms with Gasteiger partial charge in [-0.15, -0.1) is 34.4 Å². The quantitative estimate of drug-likeness (QED) is 0.440. The summed E-state index contributed by atoms with van der Waals surface area (Å²) in [6.07, 6.45) is 0. The Morgan fingerprint density at radius 3 is 2.86 bits per heavy atom. The molecule has 0 saturated heterocycles. The number of nitrogens with zero attached hydrogens (tertiary/aromatic N) is 2. The van der Waals surface area contributed by atoms with Gasteiger partial charge in [0, 0.05) is 16.0 Å². The second kappa shape index (κ2) is 9.50. The van der Waals surface area contributed by atoms with E-state index < -0.39 is 18.5 Å². The normalized spacial score (nSPS) is 10.3. The van der Waals surface area contributed by atoms with Crippen LogP contribution in [-0.2, 0) is 15.3 Å². The van der Waals surface area contributed by atoms with E-state index in [1.807, 2.05) is 30.5 Å². The first-order valence-corrected chi connectivity index (χ1v) is 10.9. The predicted octanol–water partition coefficient (Wildman–Crippen LogP) is 4.47. The Kier molecular flexibility index (Phi) is 6.81. The molecule has 1 N–H and O–H groups in total. The lowest BCUT2D eigenvalue weighted by Gasteiger charge is -2.09. The van der Waals surface area contributed by atoms with Gasteiger partial charge < -0.3 is 10.1 Å². The van der Waals surface area contributed by atoms with Crippen LogP contribution in [0.4, 0.5) is 5.00 Å². The van der Waals surface area contributed by atoms with Crippen molar-refractivity contribution in [3.8, 4) is 6.07 Å². The fourth-order valence-corrected chi connectivity index (χ4v) is 4.66. The summed E-state index contributed by atoms with van der Waals surface area (Å²) in [7, 11) is 0. The Morgan fingerprint density at radius 2 is 2.11 bits per heavy atom. The van der Waals surface area contributed by atoms with E-state index in [1.165, 1.54) is 23.1 Å². The number of carbonyl (C=O) groups is 2. The van der Waals surface area contributed by atoms with Gasteiger partial charge in [-0.05, 0) is 30.5 Å². The first kappa shape index (κ1) is 20.1. The van der Waals surface area contributed by atoms with Gasteiger partial charge >= 0.3 is 5.97 Å². The third-order valence-corrected chi connectivity index (χ3v) is 6.28.